The Morgan fingerprint density at radius 2 is 1.93 bits per heavy atom. The van der Waals surface area contributed by atoms with Crippen molar-refractivity contribution in [3.8, 4) is 0 Å². The highest BCUT2D eigenvalue weighted by Gasteiger charge is 2.21. The van der Waals surface area contributed by atoms with Gasteiger partial charge in [-0.1, -0.05) is 36.8 Å². The molecule has 2 atom stereocenters. The van der Waals surface area contributed by atoms with Gasteiger partial charge in [0.1, 0.15) is 0 Å². The van der Waals surface area contributed by atoms with Gasteiger partial charge in [0.2, 0.25) is 0 Å². The quantitative estimate of drug-likeness (QED) is 0.662. The fourth-order valence-electron chi connectivity index (χ4n) is 2.52. The molecule has 0 nitrogen and oxygen atoms in total. The normalized spacial score (nSPS) is 25.7. The molecule has 0 aromatic heterocycles. The number of halogens is 1. The van der Waals surface area contributed by atoms with Crippen molar-refractivity contribution >= 4 is 11.6 Å². The van der Waals surface area contributed by atoms with Crippen LogP contribution in [0, 0.1) is 5.92 Å². The van der Waals surface area contributed by atoms with Gasteiger partial charge in [-0.3, -0.25) is 0 Å². The van der Waals surface area contributed by atoms with Gasteiger partial charge in [-0.05, 0) is 43.6 Å². The zero-order chi connectivity index (χ0) is 10.5. The minimum absolute atomic E-state index is 0.465. The lowest BCUT2D eigenvalue weighted by molar-refractivity contribution is 0.484. The van der Waals surface area contributed by atoms with Crippen molar-refractivity contribution < 1.29 is 0 Å². The summed E-state index contributed by atoms with van der Waals surface area (Å²) in [5, 5.41) is 0.465. The summed E-state index contributed by atoms with van der Waals surface area (Å²) in [6.45, 7) is 0. The summed E-state index contributed by atoms with van der Waals surface area (Å²) in [7, 11) is 0. The van der Waals surface area contributed by atoms with Crippen molar-refractivity contribution in [2.75, 3.05) is 0 Å². The summed E-state index contributed by atoms with van der Waals surface area (Å²) in [5.74, 6) is 0.899. The largest absolute Gasteiger partial charge is 0.123 e. The van der Waals surface area contributed by atoms with Crippen LogP contribution in [0.4, 0.5) is 0 Å². The molecule has 1 aromatic carbocycles. The Labute approximate surface area is 97.6 Å². The van der Waals surface area contributed by atoms with Gasteiger partial charge in [-0.25, -0.2) is 0 Å². The number of rotatable bonds is 4. The molecule has 1 aliphatic carbocycles. The Kier molecular flexibility index (Phi) is 4.08. The number of hydrogen-bond acceptors (Lipinski definition) is 0. The highest BCUT2D eigenvalue weighted by Crippen LogP contribution is 2.32. The van der Waals surface area contributed by atoms with E-state index < -0.39 is 0 Å². The Hall–Kier alpha value is -0.490. The molecule has 1 saturated carbocycles. The van der Waals surface area contributed by atoms with Gasteiger partial charge < -0.3 is 0 Å². The Morgan fingerprint density at radius 1 is 1.13 bits per heavy atom. The lowest BCUT2D eigenvalue weighted by atomic mass is 9.98. The second-order valence-electron chi connectivity index (χ2n) is 4.65. The molecule has 1 aliphatic rings. The van der Waals surface area contributed by atoms with E-state index in [4.69, 9.17) is 11.6 Å². The van der Waals surface area contributed by atoms with E-state index >= 15 is 0 Å². The van der Waals surface area contributed by atoms with Gasteiger partial charge in [0.25, 0.3) is 0 Å². The Bertz CT molecular complexity index is 281. The molecule has 1 fully saturated rings. The third-order valence-electron chi connectivity index (χ3n) is 3.40. The van der Waals surface area contributed by atoms with Gasteiger partial charge in [0, 0.05) is 5.38 Å². The third-order valence-corrected chi connectivity index (χ3v) is 3.79. The van der Waals surface area contributed by atoms with E-state index in [2.05, 4.69) is 30.3 Å². The van der Waals surface area contributed by atoms with Crippen LogP contribution in [0.15, 0.2) is 30.3 Å². The van der Waals surface area contributed by atoms with Gasteiger partial charge >= 0.3 is 0 Å². The molecule has 0 aliphatic heterocycles. The maximum Gasteiger partial charge on any atom is 0.0338 e. The number of alkyl halides is 1. The molecule has 2 rings (SSSR count). The average Bonchev–Trinajstić information content (AvgIpc) is 2.66. The molecule has 0 amide bonds. The summed E-state index contributed by atoms with van der Waals surface area (Å²) < 4.78 is 0. The zero-order valence-corrected chi connectivity index (χ0v) is 9.92. The molecule has 1 aromatic rings. The first-order valence-corrected chi connectivity index (χ1v) is 6.46. The van der Waals surface area contributed by atoms with Crippen LogP contribution < -0.4 is 0 Å². The van der Waals surface area contributed by atoms with E-state index in [0.717, 1.165) is 5.92 Å². The minimum Gasteiger partial charge on any atom is -0.123 e. The summed E-state index contributed by atoms with van der Waals surface area (Å²) in [4.78, 5) is 0. The van der Waals surface area contributed by atoms with E-state index in [1.165, 1.54) is 44.1 Å². The SMILES string of the molecule is ClC1CCC(CCCc2ccccc2)C1. The monoisotopic (exact) mass is 222 g/mol. The average molecular weight is 223 g/mol. The molecule has 0 radical (unpaired) electrons. The molecule has 0 spiro atoms. The molecule has 1 heteroatoms. The molecular weight excluding hydrogens is 204 g/mol. The molecule has 2 unspecified atom stereocenters. The van der Waals surface area contributed by atoms with Crippen molar-refractivity contribution in [1.82, 2.24) is 0 Å². The maximum absolute atomic E-state index is 6.10. The van der Waals surface area contributed by atoms with Crippen LogP contribution in [0.25, 0.3) is 0 Å². The van der Waals surface area contributed by atoms with Crippen molar-refractivity contribution in [3.63, 3.8) is 0 Å². The van der Waals surface area contributed by atoms with E-state index in [9.17, 15) is 0 Å². The summed E-state index contributed by atoms with van der Waals surface area (Å²) in [5.41, 5.74) is 1.47. The fourth-order valence-corrected chi connectivity index (χ4v) is 2.89. The fraction of sp³-hybridized carbons (Fsp3) is 0.571. The molecule has 0 N–H and O–H groups in total. The van der Waals surface area contributed by atoms with Gasteiger partial charge in [-0.15, -0.1) is 11.6 Å². The number of hydrogen-bond donors (Lipinski definition) is 0. The van der Waals surface area contributed by atoms with Crippen molar-refractivity contribution in [1.29, 1.82) is 0 Å². The maximum atomic E-state index is 6.10. The predicted octanol–water partition coefficient (Wildman–Crippen LogP) is 4.42. The smallest absolute Gasteiger partial charge is 0.0338 e. The highest BCUT2D eigenvalue weighted by molar-refractivity contribution is 6.20. The predicted molar refractivity (Wildman–Crippen MR) is 66.4 cm³/mol. The standard InChI is InChI=1S/C14H19Cl/c15-14-10-9-13(11-14)8-4-7-12-5-2-1-3-6-12/h1-3,5-6,13-14H,4,7-11H2. The topological polar surface area (TPSA) is 0 Å². The molecule has 0 heterocycles. The second kappa shape index (κ2) is 5.55. The van der Waals surface area contributed by atoms with Crippen molar-refractivity contribution in [3.05, 3.63) is 35.9 Å². The van der Waals surface area contributed by atoms with Crippen LogP contribution >= 0.6 is 11.6 Å². The lowest BCUT2D eigenvalue weighted by Gasteiger charge is -2.08. The van der Waals surface area contributed by atoms with Crippen molar-refractivity contribution in [2.45, 2.75) is 43.9 Å². The van der Waals surface area contributed by atoms with E-state index in [1.54, 1.807) is 0 Å². The van der Waals surface area contributed by atoms with E-state index in [1.807, 2.05) is 0 Å². The van der Waals surface area contributed by atoms with Gasteiger partial charge in [0.05, 0.1) is 0 Å². The summed E-state index contributed by atoms with van der Waals surface area (Å²) >= 11 is 6.10. The van der Waals surface area contributed by atoms with E-state index in [-0.39, 0.29) is 0 Å². The second-order valence-corrected chi connectivity index (χ2v) is 5.27. The van der Waals surface area contributed by atoms with Crippen LogP contribution in [0.5, 0.6) is 0 Å². The summed E-state index contributed by atoms with van der Waals surface area (Å²) in [6, 6.07) is 10.8. The van der Waals surface area contributed by atoms with Crippen LogP contribution in [0.2, 0.25) is 0 Å². The molecule has 0 saturated heterocycles. The van der Waals surface area contributed by atoms with Crippen LogP contribution in [-0.2, 0) is 6.42 Å². The molecular formula is C14H19Cl. The van der Waals surface area contributed by atoms with Crippen molar-refractivity contribution in [2.24, 2.45) is 5.92 Å². The molecule has 0 bridgehead atoms. The van der Waals surface area contributed by atoms with Crippen LogP contribution in [0.3, 0.4) is 0 Å². The molecule has 82 valence electrons. The number of aryl methyl sites for hydroxylation is 1. The summed E-state index contributed by atoms with van der Waals surface area (Å²) in [6.07, 6.45) is 7.73. The first kappa shape index (κ1) is 11.0. The first-order chi connectivity index (χ1) is 7.34. The van der Waals surface area contributed by atoms with Gasteiger partial charge in [-0.2, -0.15) is 0 Å². The van der Waals surface area contributed by atoms with Crippen LogP contribution in [0.1, 0.15) is 37.7 Å². The van der Waals surface area contributed by atoms with E-state index in [0.29, 0.717) is 5.38 Å². The Morgan fingerprint density at radius 3 is 2.60 bits per heavy atom. The van der Waals surface area contributed by atoms with Crippen LogP contribution in [-0.4, -0.2) is 5.38 Å². The highest BCUT2D eigenvalue weighted by atomic mass is 35.5. The lowest BCUT2D eigenvalue weighted by Crippen LogP contribution is -1.96. The van der Waals surface area contributed by atoms with Gasteiger partial charge in [0.15, 0.2) is 0 Å². The minimum atomic E-state index is 0.465. The Balaban J connectivity index is 1.67. The third kappa shape index (κ3) is 3.53. The number of benzene rings is 1. The molecule has 15 heavy (non-hydrogen) atoms. The first-order valence-electron chi connectivity index (χ1n) is 6.02. The zero-order valence-electron chi connectivity index (χ0n) is 9.16.